The number of carbonyl (C=O) groups excluding carboxylic acids is 2. The molecule has 0 aliphatic rings. The van der Waals surface area contributed by atoms with Crippen LogP contribution in [-0.4, -0.2) is 38.9 Å². The zero-order chi connectivity index (χ0) is 27.1. The van der Waals surface area contributed by atoms with E-state index in [0.29, 0.717) is 30.4 Å². The van der Waals surface area contributed by atoms with Gasteiger partial charge in [-0.2, -0.15) is 0 Å². The highest BCUT2D eigenvalue weighted by Crippen LogP contribution is 2.23. The summed E-state index contributed by atoms with van der Waals surface area (Å²) >= 11 is 0. The standard InChI is InChI=1S/C29H32N4O5/c1-5-36-26(34)17-21-11-6-7-14-25(21)37-19-23-24-13-9-15-33(24)32-27(31-23)22-12-8-10-20(16-22)18-30-28(35)38-29(2,3)4/h6-16H,5,17-19H2,1-4H3,(H,30,35). The van der Waals surface area contributed by atoms with Crippen LogP contribution in [0.25, 0.3) is 16.9 Å². The number of hydrogen-bond donors (Lipinski definition) is 1. The van der Waals surface area contributed by atoms with Crippen LogP contribution in [0.3, 0.4) is 0 Å². The quantitative estimate of drug-likeness (QED) is 0.309. The first-order valence-corrected chi connectivity index (χ1v) is 12.5. The Morgan fingerprint density at radius 2 is 1.84 bits per heavy atom. The molecule has 0 aliphatic heterocycles. The zero-order valence-electron chi connectivity index (χ0n) is 22.1. The fourth-order valence-electron chi connectivity index (χ4n) is 3.84. The first-order chi connectivity index (χ1) is 18.2. The molecule has 0 fully saturated rings. The SMILES string of the molecule is CCOC(=O)Cc1ccccc1OCc1nc(-c2cccc(CNC(=O)OC(C)(C)C)c2)nn2cccc12. The van der Waals surface area contributed by atoms with Crippen molar-refractivity contribution >= 4 is 17.6 Å². The number of nitrogens with zero attached hydrogens (tertiary/aromatic N) is 3. The van der Waals surface area contributed by atoms with Crippen molar-refractivity contribution in [2.75, 3.05) is 6.61 Å². The molecule has 38 heavy (non-hydrogen) atoms. The van der Waals surface area contributed by atoms with Crippen LogP contribution in [0.4, 0.5) is 4.79 Å². The molecule has 9 nitrogen and oxygen atoms in total. The molecule has 9 heteroatoms. The van der Waals surface area contributed by atoms with Crippen molar-refractivity contribution < 1.29 is 23.8 Å². The number of hydrogen-bond acceptors (Lipinski definition) is 7. The molecule has 0 atom stereocenters. The Balaban J connectivity index is 1.53. The van der Waals surface area contributed by atoms with E-state index in [1.165, 1.54) is 0 Å². The molecular formula is C29H32N4O5. The molecule has 4 rings (SSSR count). The third kappa shape index (κ3) is 7.09. The number of alkyl carbamates (subject to hydrolysis) is 1. The summed E-state index contributed by atoms with van der Waals surface area (Å²) in [6.07, 6.45) is 1.51. The van der Waals surface area contributed by atoms with Gasteiger partial charge in [0.1, 0.15) is 23.7 Å². The average Bonchev–Trinajstić information content (AvgIpc) is 3.35. The summed E-state index contributed by atoms with van der Waals surface area (Å²) in [5.41, 5.74) is 3.38. The molecule has 2 aromatic carbocycles. The Kier molecular flexibility index (Phi) is 8.25. The van der Waals surface area contributed by atoms with Gasteiger partial charge in [0.15, 0.2) is 5.82 Å². The highest BCUT2D eigenvalue weighted by molar-refractivity contribution is 5.73. The highest BCUT2D eigenvalue weighted by atomic mass is 16.6. The first kappa shape index (κ1) is 26.7. The van der Waals surface area contributed by atoms with Gasteiger partial charge in [-0.05, 0) is 57.5 Å². The van der Waals surface area contributed by atoms with Gasteiger partial charge in [-0.1, -0.05) is 36.4 Å². The summed E-state index contributed by atoms with van der Waals surface area (Å²) in [5.74, 6) is 0.815. The maximum atomic E-state index is 12.1. The smallest absolute Gasteiger partial charge is 0.407 e. The molecule has 0 unspecified atom stereocenters. The van der Waals surface area contributed by atoms with E-state index >= 15 is 0 Å². The lowest BCUT2D eigenvalue weighted by molar-refractivity contribution is -0.142. The molecule has 2 heterocycles. The zero-order valence-corrected chi connectivity index (χ0v) is 22.1. The first-order valence-electron chi connectivity index (χ1n) is 12.5. The average molecular weight is 517 g/mol. The van der Waals surface area contributed by atoms with E-state index in [2.05, 4.69) is 10.4 Å². The predicted octanol–water partition coefficient (Wildman–Crippen LogP) is 5.11. The van der Waals surface area contributed by atoms with Crippen LogP contribution in [0.2, 0.25) is 0 Å². The molecule has 0 radical (unpaired) electrons. The summed E-state index contributed by atoms with van der Waals surface area (Å²) in [4.78, 5) is 28.9. The van der Waals surface area contributed by atoms with Crippen LogP contribution in [0.1, 0.15) is 44.5 Å². The van der Waals surface area contributed by atoms with Crippen molar-refractivity contribution in [2.45, 2.75) is 52.9 Å². The molecule has 0 aliphatic carbocycles. The van der Waals surface area contributed by atoms with Gasteiger partial charge in [-0.15, -0.1) is 5.10 Å². The molecule has 1 amide bonds. The third-order valence-corrected chi connectivity index (χ3v) is 5.47. The van der Waals surface area contributed by atoms with Crippen molar-refractivity contribution in [2.24, 2.45) is 0 Å². The van der Waals surface area contributed by atoms with Crippen molar-refractivity contribution in [1.29, 1.82) is 0 Å². The van der Waals surface area contributed by atoms with Crippen LogP contribution in [-0.2, 0) is 33.8 Å². The summed E-state index contributed by atoms with van der Waals surface area (Å²) < 4.78 is 18.3. The van der Waals surface area contributed by atoms with Crippen molar-refractivity contribution in [3.05, 3.63) is 83.7 Å². The molecule has 1 N–H and O–H groups in total. The molecular weight excluding hydrogens is 484 g/mol. The van der Waals surface area contributed by atoms with Crippen molar-refractivity contribution in [3.63, 3.8) is 0 Å². The number of rotatable bonds is 9. The topological polar surface area (TPSA) is 104 Å². The Morgan fingerprint density at radius 3 is 2.63 bits per heavy atom. The normalized spacial score (nSPS) is 11.3. The van der Waals surface area contributed by atoms with E-state index in [9.17, 15) is 9.59 Å². The molecule has 0 saturated carbocycles. The number of para-hydroxylation sites is 1. The number of benzene rings is 2. The largest absolute Gasteiger partial charge is 0.487 e. The second kappa shape index (κ2) is 11.8. The second-order valence-corrected chi connectivity index (χ2v) is 9.65. The van der Waals surface area contributed by atoms with E-state index < -0.39 is 11.7 Å². The van der Waals surface area contributed by atoms with Crippen LogP contribution < -0.4 is 10.1 Å². The number of fused-ring (bicyclic) bond motifs is 1. The van der Waals surface area contributed by atoms with Gasteiger partial charge in [0.2, 0.25) is 0 Å². The minimum absolute atomic E-state index is 0.129. The number of amides is 1. The summed E-state index contributed by atoms with van der Waals surface area (Å²) in [5, 5.41) is 7.44. The van der Waals surface area contributed by atoms with Crippen molar-refractivity contribution in [1.82, 2.24) is 19.9 Å². The fourth-order valence-corrected chi connectivity index (χ4v) is 3.84. The van der Waals surface area contributed by atoms with Gasteiger partial charge < -0.3 is 19.5 Å². The summed E-state index contributed by atoms with van der Waals surface area (Å²) in [6.45, 7) is 8.07. The van der Waals surface area contributed by atoms with E-state index in [4.69, 9.17) is 19.2 Å². The maximum absolute atomic E-state index is 12.1. The van der Waals surface area contributed by atoms with Crippen molar-refractivity contribution in [3.8, 4) is 17.1 Å². The number of aromatic nitrogens is 3. The van der Waals surface area contributed by atoms with E-state index in [1.807, 2.05) is 87.6 Å². The molecule has 4 aromatic rings. The van der Waals surface area contributed by atoms with E-state index in [-0.39, 0.29) is 19.0 Å². The van der Waals surface area contributed by atoms with Crippen LogP contribution in [0.5, 0.6) is 5.75 Å². The lowest BCUT2D eigenvalue weighted by Gasteiger charge is -2.19. The maximum Gasteiger partial charge on any atom is 0.407 e. The Bertz CT molecular complexity index is 1420. The van der Waals surface area contributed by atoms with Crippen LogP contribution in [0.15, 0.2) is 66.9 Å². The molecule has 0 spiro atoms. The van der Waals surface area contributed by atoms with Gasteiger partial charge in [0, 0.05) is 23.9 Å². The predicted molar refractivity (Wildman–Crippen MR) is 143 cm³/mol. The molecule has 2 aromatic heterocycles. The van der Waals surface area contributed by atoms with Crippen LogP contribution in [0, 0.1) is 0 Å². The third-order valence-electron chi connectivity index (χ3n) is 5.47. The molecule has 0 saturated heterocycles. The Hall–Kier alpha value is -4.40. The van der Waals surface area contributed by atoms with Gasteiger partial charge in [-0.25, -0.2) is 14.3 Å². The lowest BCUT2D eigenvalue weighted by Crippen LogP contribution is -2.32. The molecule has 0 bridgehead atoms. The van der Waals surface area contributed by atoms with E-state index in [0.717, 1.165) is 22.2 Å². The molecule has 198 valence electrons. The minimum atomic E-state index is -0.566. The second-order valence-electron chi connectivity index (χ2n) is 9.65. The Morgan fingerprint density at radius 1 is 1.03 bits per heavy atom. The summed E-state index contributed by atoms with van der Waals surface area (Å²) in [7, 11) is 0. The van der Waals surface area contributed by atoms with Gasteiger partial charge in [0.25, 0.3) is 0 Å². The highest BCUT2D eigenvalue weighted by Gasteiger charge is 2.16. The number of esters is 1. The van der Waals surface area contributed by atoms with Gasteiger partial charge in [-0.3, -0.25) is 4.79 Å². The fraction of sp³-hybridized carbons (Fsp3) is 0.310. The minimum Gasteiger partial charge on any atom is -0.487 e. The van der Waals surface area contributed by atoms with Crippen LogP contribution >= 0.6 is 0 Å². The summed E-state index contributed by atoms with van der Waals surface area (Å²) in [6, 6.07) is 18.9. The monoisotopic (exact) mass is 516 g/mol. The Labute approximate surface area is 221 Å². The number of carbonyl (C=O) groups is 2. The number of nitrogens with one attached hydrogen (secondary N) is 1. The van der Waals surface area contributed by atoms with E-state index in [1.54, 1.807) is 11.4 Å². The van der Waals surface area contributed by atoms with Gasteiger partial charge in [0.05, 0.1) is 18.5 Å². The lowest BCUT2D eigenvalue weighted by atomic mass is 10.1. The number of ether oxygens (including phenoxy) is 3. The van der Waals surface area contributed by atoms with Gasteiger partial charge >= 0.3 is 12.1 Å².